The number of ether oxygens (including phenoxy) is 1. The fraction of sp³-hybridized carbons (Fsp3) is 0.800. The molecule has 0 aromatic rings. The Bertz CT molecular complexity index is 350. The van der Waals surface area contributed by atoms with Crippen molar-refractivity contribution in [3.8, 4) is 0 Å². The van der Waals surface area contributed by atoms with E-state index in [0.717, 1.165) is 57.8 Å². The zero-order valence-corrected chi connectivity index (χ0v) is 15.6. The van der Waals surface area contributed by atoms with Crippen molar-refractivity contribution >= 4 is 11.9 Å². The number of hydrogen-bond donors (Lipinski definition) is 1. The first-order valence-electron chi connectivity index (χ1n) is 9.60. The van der Waals surface area contributed by atoms with Gasteiger partial charge in [-0.2, -0.15) is 0 Å². The molecule has 0 fully saturated rings. The van der Waals surface area contributed by atoms with Crippen molar-refractivity contribution in [1.82, 2.24) is 0 Å². The summed E-state index contributed by atoms with van der Waals surface area (Å²) in [6.45, 7) is 3.67. The lowest BCUT2D eigenvalue weighted by atomic mass is 10.1. The number of carbonyl (C=O) groups is 2. The maximum Gasteiger partial charge on any atom is 0.303 e. The Hall–Kier alpha value is -1.32. The number of unbranched alkanes of at least 4 members (excludes halogenated alkanes) is 8. The third-order valence-corrected chi connectivity index (χ3v) is 4.04. The Kier molecular flexibility index (Phi) is 15.6. The summed E-state index contributed by atoms with van der Waals surface area (Å²) in [6, 6.07) is 0. The molecule has 0 bridgehead atoms. The van der Waals surface area contributed by atoms with Gasteiger partial charge < -0.3 is 9.84 Å². The van der Waals surface area contributed by atoms with E-state index in [2.05, 4.69) is 19.1 Å². The van der Waals surface area contributed by atoms with E-state index in [0.29, 0.717) is 0 Å². The number of carboxylic acid groups (broad SMARTS) is 1. The quantitative estimate of drug-likeness (QED) is 0.224. The van der Waals surface area contributed by atoms with Gasteiger partial charge in [-0.3, -0.25) is 9.59 Å². The molecule has 140 valence electrons. The lowest BCUT2D eigenvalue weighted by Crippen LogP contribution is -2.15. The molecule has 0 aliphatic heterocycles. The minimum absolute atomic E-state index is 0.0200. The van der Waals surface area contributed by atoms with E-state index in [9.17, 15) is 9.59 Å². The van der Waals surface area contributed by atoms with Crippen LogP contribution in [0.4, 0.5) is 0 Å². The van der Waals surface area contributed by atoms with Crippen molar-refractivity contribution in [2.45, 2.75) is 103 Å². The van der Waals surface area contributed by atoms with Crippen molar-refractivity contribution < 1.29 is 19.4 Å². The molecule has 0 heterocycles. The molecule has 24 heavy (non-hydrogen) atoms. The lowest BCUT2D eigenvalue weighted by Gasteiger charge is -2.15. The van der Waals surface area contributed by atoms with Crippen LogP contribution in [0.5, 0.6) is 0 Å². The molecule has 0 saturated heterocycles. The summed E-state index contributed by atoms with van der Waals surface area (Å²) < 4.78 is 5.38. The molecular weight excluding hydrogens is 304 g/mol. The van der Waals surface area contributed by atoms with Crippen LogP contribution in [0.3, 0.4) is 0 Å². The number of rotatable bonds is 16. The van der Waals surface area contributed by atoms with E-state index in [1.807, 2.05) is 0 Å². The standard InChI is InChI=1S/C20H36O4/c1-3-4-5-12-15-19(24-18(2)21)16-13-10-8-6-7-9-11-14-17-20(22)23/h10,13,19H,3-9,11-12,14-17H2,1-2H3,(H,22,23)/t19-/m1/s1. The second-order valence-corrected chi connectivity index (χ2v) is 6.49. The first kappa shape index (κ1) is 22.7. The molecule has 1 N–H and O–H groups in total. The van der Waals surface area contributed by atoms with Crippen molar-refractivity contribution in [2.24, 2.45) is 0 Å². The Morgan fingerprint density at radius 1 is 0.958 bits per heavy atom. The molecule has 0 amide bonds. The number of aliphatic carboxylic acids is 1. The highest BCUT2D eigenvalue weighted by Gasteiger charge is 2.09. The second-order valence-electron chi connectivity index (χ2n) is 6.49. The molecule has 0 aliphatic rings. The fourth-order valence-corrected chi connectivity index (χ4v) is 2.69. The van der Waals surface area contributed by atoms with E-state index in [4.69, 9.17) is 9.84 Å². The molecular formula is C20H36O4. The molecule has 0 aliphatic carbocycles. The molecule has 0 radical (unpaired) electrons. The highest BCUT2D eigenvalue weighted by atomic mass is 16.5. The molecule has 0 spiro atoms. The summed E-state index contributed by atoms with van der Waals surface area (Å²) in [6.07, 6.45) is 17.4. The van der Waals surface area contributed by atoms with Crippen molar-refractivity contribution in [1.29, 1.82) is 0 Å². The normalized spacial score (nSPS) is 12.4. The molecule has 0 aromatic carbocycles. The lowest BCUT2D eigenvalue weighted by molar-refractivity contribution is -0.146. The van der Waals surface area contributed by atoms with Crippen LogP contribution in [0.1, 0.15) is 97.3 Å². The molecule has 0 aromatic heterocycles. The van der Waals surface area contributed by atoms with Gasteiger partial charge >= 0.3 is 11.9 Å². The first-order valence-corrected chi connectivity index (χ1v) is 9.60. The third kappa shape index (κ3) is 17.0. The van der Waals surface area contributed by atoms with Crippen LogP contribution in [0, 0.1) is 0 Å². The summed E-state index contributed by atoms with van der Waals surface area (Å²) in [7, 11) is 0. The Morgan fingerprint density at radius 3 is 2.29 bits per heavy atom. The van der Waals surface area contributed by atoms with Crippen LogP contribution in [0.25, 0.3) is 0 Å². The highest BCUT2D eigenvalue weighted by Crippen LogP contribution is 2.13. The number of carboxylic acids is 1. The summed E-state index contributed by atoms with van der Waals surface area (Å²) >= 11 is 0. The molecule has 0 rings (SSSR count). The number of hydrogen-bond acceptors (Lipinski definition) is 3. The maximum absolute atomic E-state index is 11.2. The minimum Gasteiger partial charge on any atom is -0.481 e. The third-order valence-electron chi connectivity index (χ3n) is 4.04. The largest absolute Gasteiger partial charge is 0.481 e. The SMILES string of the molecule is CCCCCC[C@H](CC=CCCCCCCCC(=O)O)OC(C)=O. The second kappa shape index (κ2) is 16.5. The van der Waals surface area contributed by atoms with Gasteiger partial charge in [-0.15, -0.1) is 0 Å². The molecule has 4 nitrogen and oxygen atoms in total. The summed E-state index contributed by atoms with van der Waals surface area (Å²) in [4.78, 5) is 21.5. The average Bonchev–Trinajstić information content (AvgIpc) is 2.52. The zero-order valence-electron chi connectivity index (χ0n) is 15.6. The average molecular weight is 341 g/mol. The topological polar surface area (TPSA) is 63.6 Å². The van der Waals surface area contributed by atoms with Crippen molar-refractivity contribution in [3.05, 3.63) is 12.2 Å². The molecule has 0 unspecified atom stereocenters. The van der Waals surface area contributed by atoms with Crippen LogP contribution in [0.2, 0.25) is 0 Å². The van der Waals surface area contributed by atoms with Gasteiger partial charge in [0.1, 0.15) is 6.10 Å². The smallest absolute Gasteiger partial charge is 0.303 e. The predicted molar refractivity (Wildman–Crippen MR) is 98.0 cm³/mol. The van der Waals surface area contributed by atoms with E-state index in [1.165, 1.54) is 26.2 Å². The Labute approximate surface area is 147 Å². The van der Waals surface area contributed by atoms with Crippen LogP contribution in [0.15, 0.2) is 12.2 Å². The monoisotopic (exact) mass is 340 g/mol. The zero-order chi connectivity index (χ0) is 18.0. The summed E-state index contributed by atoms with van der Waals surface area (Å²) in [5, 5.41) is 8.55. The van der Waals surface area contributed by atoms with Gasteiger partial charge in [0.2, 0.25) is 0 Å². The summed E-state index contributed by atoms with van der Waals surface area (Å²) in [5.41, 5.74) is 0. The van der Waals surface area contributed by atoms with Crippen LogP contribution in [-0.4, -0.2) is 23.1 Å². The fourth-order valence-electron chi connectivity index (χ4n) is 2.69. The molecule has 1 atom stereocenters. The van der Waals surface area contributed by atoms with E-state index in [-0.39, 0.29) is 18.5 Å². The highest BCUT2D eigenvalue weighted by molar-refractivity contribution is 5.66. The van der Waals surface area contributed by atoms with Crippen molar-refractivity contribution in [3.63, 3.8) is 0 Å². The van der Waals surface area contributed by atoms with E-state index < -0.39 is 5.97 Å². The van der Waals surface area contributed by atoms with E-state index in [1.54, 1.807) is 0 Å². The minimum atomic E-state index is -0.699. The number of esters is 1. The van der Waals surface area contributed by atoms with Gasteiger partial charge in [0, 0.05) is 19.8 Å². The van der Waals surface area contributed by atoms with E-state index >= 15 is 0 Å². The first-order chi connectivity index (χ1) is 11.6. The van der Waals surface area contributed by atoms with Crippen LogP contribution >= 0.6 is 0 Å². The number of carbonyl (C=O) groups excluding carboxylic acids is 1. The van der Waals surface area contributed by atoms with Gasteiger partial charge in [0.25, 0.3) is 0 Å². The van der Waals surface area contributed by atoms with Crippen molar-refractivity contribution in [2.75, 3.05) is 0 Å². The Morgan fingerprint density at radius 2 is 1.62 bits per heavy atom. The Balaban J connectivity index is 3.69. The van der Waals surface area contributed by atoms with Gasteiger partial charge in [-0.1, -0.05) is 57.6 Å². The van der Waals surface area contributed by atoms with Gasteiger partial charge in [0.15, 0.2) is 0 Å². The van der Waals surface area contributed by atoms with Crippen LogP contribution in [-0.2, 0) is 14.3 Å². The summed E-state index contributed by atoms with van der Waals surface area (Å²) in [5.74, 6) is -0.889. The van der Waals surface area contributed by atoms with Gasteiger partial charge in [-0.05, 0) is 32.1 Å². The molecule has 0 saturated carbocycles. The van der Waals surface area contributed by atoms with Gasteiger partial charge in [-0.25, -0.2) is 0 Å². The maximum atomic E-state index is 11.2. The molecule has 4 heteroatoms. The number of allylic oxidation sites excluding steroid dienone is 1. The van der Waals surface area contributed by atoms with Gasteiger partial charge in [0.05, 0.1) is 0 Å². The van der Waals surface area contributed by atoms with Crippen LogP contribution < -0.4 is 0 Å². The predicted octanol–water partition coefficient (Wildman–Crippen LogP) is 5.65.